The number of carbonyl (C=O) groups excluding carboxylic acids is 1. The number of likely N-dealkylation sites (tertiary alicyclic amines) is 1. The highest BCUT2D eigenvalue weighted by Crippen LogP contribution is 2.52. The van der Waals surface area contributed by atoms with Crippen molar-refractivity contribution in [2.24, 2.45) is 23.7 Å². The Balaban J connectivity index is 1.68. The van der Waals surface area contributed by atoms with Crippen LogP contribution in [0.4, 0.5) is 0 Å². The summed E-state index contributed by atoms with van der Waals surface area (Å²) in [6, 6.07) is 0.238. The largest absolute Gasteiger partial charge is 0.394 e. The molecule has 1 heterocycles. The van der Waals surface area contributed by atoms with Gasteiger partial charge in [-0.15, -0.1) is 0 Å². The predicted octanol–water partition coefficient (Wildman–Crippen LogP) is 1.74. The Bertz CT molecular complexity index is 467. The van der Waals surface area contributed by atoms with Gasteiger partial charge in [0.1, 0.15) is 0 Å². The summed E-state index contributed by atoms with van der Waals surface area (Å²) in [6.45, 7) is 1.22. The number of carbonyl (C=O) groups is 1. The monoisotopic (exact) mass is 259 g/mol. The molecule has 1 aliphatic heterocycles. The van der Waals surface area contributed by atoms with E-state index in [1.54, 1.807) is 0 Å². The molecule has 3 nitrogen and oxygen atoms in total. The van der Waals surface area contributed by atoms with Crippen LogP contribution in [0.5, 0.6) is 0 Å². The van der Waals surface area contributed by atoms with Crippen LogP contribution in [0, 0.1) is 23.7 Å². The van der Waals surface area contributed by atoms with Crippen molar-refractivity contribution in [2.45, 2.75) is 31.7 Å². The summed E-state index contributed by atoms with van der Waals surface area (Å²) in [4.78, 5) is 14.7. The minimum atomic E-state index is 0.207. The Kier molecular flexibility index (Phi) is 2.59. The van der Waals surface area contributed by atoms with Gasteiger partial charge in [-0.1, -0.05) is 12.2 Å². The van der Waals surface area contributed by atoms with Crippen molar-refractivity contribution in [1.29, 1.82) is 0 Å². The fraction of sp³-hybridized carbons (Fsp3) is 0.688. The SMILES string of the molecule is O=C1C=C(N2CCC[C@H]2CO)[C@@H]2[C@H]1[C@@H]1C=C[C@H]2CC1. The van der Waals surface area contributed by atoms with E-state index in [1.807, 2.05) is 6.08 Å². The minimum absolute atomic E-state index is 0.207. The molecule has 3 heteroatoms. The molecule has 0 aromatic carbocycles. The van der Waals surface area contributed by atoms with Crippen molar-refractivity contribution in [2.75, 3.05) is 13.2 Å². The highest BCUT2D eigenvalue weighted by Gasteiger charge is 2.50. The molecule has 5 rings (SSSR count). The molecule has 5 atom stereocenters. The second kappa shape index (κ2) is 4.20. The third kappa shape index (κ3) is 1.57. The van der Waals surface area contributed by atoms with Crippen molar-refractivity contribution in [1.82, 2.24) is 4.90 Å². The van der Waals surface area contributed by atoms with Crippen LogP contribution in [0.2, 0.25) is 0 Å². The molecule has 0 spiro atoms. The molecule has 1 saturated carbocycles. The molecule has 0 unspecified atom stereocenters. The van der Waals surface area contributed by atoms with Crippen LogP contribution >= 0.6 is 0 Å². The average molecular weight is 259 g/mol. The zero-order chi connectivity index (χ0) is 13.0. The molecule has 2 fully saturated rings. The van der Waals surface area contributed by atoms with E-state index in [4.69, 9.17) is 0 Å². The quantitative estimate of drug-likeness (QED) is 0.768. The van der Waals surface area contributed by atoms with Crippen molar-refractivity contribution in [3.05, 3.63) is 23.9 Å². The Morgan fingerprint density at radius 2 is 1.89 bits per heavy atom. The maximum atomic E-state index is 12.4. The fourth-order valence-electron chi connectivity index (χ4n) is 4.76. The number of fused-ring (bicyclic) bond motifs is 1. The van der Waals surface area contributed by atoms with Gasteiger partial charge in [0.25, 0.3) is 0 Å². The Hall–Kier alpha value is -1.09. The minimum Gasteiger partial charge on any atom is -0.394 e. The first-order chi connectivity index (χ1) is 9.29. The van der Waals surface area contributed by atoms with Crippen LogP contribution in [-0.4, -0.2) is 35.0 Å². The van der Waals surface area contributed by atoms with Crippen molar-refractivity contribution < 1.29 is 9.90 Å². The van der Waals surface area contributed by atoms with Crippen LogP contribution in [-0.2, 0) is 4.79 Å². The third-order valence-electron chi connectivity index (χ3n) is 5.63. The lowest BCUT2D eigenvalue weighted by Gasteiger charge is -2.44. The van der Waals surface area contributed by atoms with Gasteiger partial charge in [-0.25, -0.2) is 0 Å². The molecular formula is C16H21NO2. The number of hydrogen-bond donors (Lipinski definition) is 1. The molecule has 0 aromatic heterocycles. The summed E-state index contributed by atoms with van der Waals surface area (Å²) in [7, 11) is 0. The summed E-state index contributed by atoms with van der Waals surface area (Å²) in [5.74, 6) is 1.96. The van der Waals surface area contributed by atoms with Gasteiger partial charge >= 0.3 is 0 Å². The lowest BCUT2D eigenvalue weighted by molar-refractivity contribution is -0.121. The van der Waals surface area contributed by atoms with E-state index in [0.717, 1.165) is 19.4 Å². The van der Waals surface area contributed by atoms with Crippen molar-refractivity contribution in [3.63, 3.8) is 0 Å². The lowest BCUT2D eigenvalue weighted by Crippen LogP contribution is -2.42. The van der Waals surface area contributed by atoms with Gasteiger partial charge < -0.3 is 10.0 Å². The van der Waals surface area contributed by atoms with E-state index in [-0.39, 0.29) is 18.6 Å². The van der Waals surface area contributed by atoms with Gasteiger partial charge in [0.15, 0.2) is 5.78 Å². The van der Waals surface area contributed by atoms with Gasteiger partial charge in [0.05, 0.1) is 12.6 Å². The zero-order valence-corrected chi connectivity index (χ0v) is 11.2. The van der Waals surface area contributed by atoms with Gasteiger partial charge in [-0.05, 0) is 37.5 Å². The predicted molar refractivity (Wildman–Crippen MR) is 72.2 cm³/mol. The fourth-order valence-corrected chi connectivity index (χ4v) is 4.76. The summed E-state index contributed by atoms with van der Waals surface area (Å²) in [5.41, 5.74) is 1.24. The number of nitrogens with zero attached hydrogens (tertiary/aromatic N) is 1. The molecule has 4 aliphatic carbocycles. The molecule has 0 radical (unpaired) electrons. The maximum Gasteiger partial charge on any atom is 0.161 e. The molecule has 0 aromatic rings. The highest BCUT2D eigenvalue weighted by atomic mass is 16.3. The molecule has 1 N–H and O–H groups in total. The normalized spacial score (nSPS) is 43.8. The van der Waals surface area contributed by atoms with Crippen molar-refractivity contribution >= 4 is 5.78 Å². The smallest absolute Gasteiger partial charge is 0.161 e. The summed E-state index contributed by atoms with van der Waals surface area (Å²) in [6.07, 6.45) is 11.1. The number of rotatable bonds is 2. The average Bonchev–Trinajstić information content (AvgIpc) is 3.05. The van der Waals surface area contributed by atoms with Crippen LogP contribution in [0.1, 0.15) is 25.7 Å². The van der Waals surface area contributed by atoms with Crippen LogP contribution in [0.15, 0.2) is 23.9 Å². The van der Waals surface area contributed by atoms with E-state index in [1.165, 1.54) is 18.5 Å². The Morgan fingerprint density at radius 3 is 2.58 bits per heavy atom. The number of hydrogen-bond acceptors (Lipinski definition) is 3. The molecule has 19 heavy (non-hydrogen) atoms. The highest BCUT2D eigenvalue weighted by molar-refractivity contribution is 5.96. The van der Waals surface area contributed by atoms with Gasteiger partial charge in [-0.2, -0.15) is 0 Å². The summed E-state index contributed by atoms with van der Waals surface area (Å²) >= 11 is 0. The number of aliphatic hydroxyl groups excluding tert-OH is 1. The molecule has 0 amide bonds. The van der Waals surface area contributed by atoms with Crippen LogP contribution in [0.25, 0.3) is 0 Å². The third-order valence-corrected chi connectivity index (χ3v) is 5.63. The molecule has 2 bridgehead atoms. The van der Waals surface area contributed by atoms with Gasteiger partial charge in [0.2, 0.25) is 0 Å². The topological polar surface area (TPSA) is 40.5 Å². The Labute approximate surface area is 114 Å². The summed E-state index contributed by atoms with van der Waals surface area (Å²) < 4.78 is 0. The maximum absolute atomic E-state index is 12.4. The van der Waals surface area contributed by atoms with E-state index < -0.39 is 0 Å². The van der Waals surface area contributed by atoms with Gasteiger partial charge in [0, 0.05) is 30.2 Å². The Morgan fingerprint density at radius 1 is 1.16 bits per heavy atom. The standard InChI is InChI=1S/C16H21NO2/c18-9-12-2-1-7-17(12)13-8-14(19)16-11-5-3-10(4-6-11)15(13)16/h3,5,8,10-12,15-16,18H,1-2,4,6-7,9H2/t10-,11+,12-,15+,16-/m0/s1. The van der Waals surface area contributed by atoms with E-state index in [9.17, 15) is 9.90 Å². The second-order valence-corrected chi connectivity index (χ2v) is 6.49. The molecule has 102 valence electrons. The molecule has 5 aliphatic rings. The first-order valence-electron chi connectivity index (χ1n) is 7.61. The van der Waals surface area contributed by atoms with E-state index in [0.29, 0.717) is 23.5 Å². The lowest BCUT2D eigenvalue weighted by atomic mass is 9.62. The summed E-state index contributed by atoms with van der Waals surface area (Å²) in [5, 5.41) is 9.52. The number of allylic oxidation sites excluding steroid dienone is 4. The van der Waals surface area contributed by atoms with Crippen LogP contribution in [0.3, 0.4) is 0 Å². The zero-order valence-electron chi connectivity index (χ0n) is 11.2. The molecular weight excluding hydrogens is 238 g/mol. The van der Waals surface area contributed by atoms with E-state index >= 15 is 0 Å². The number of aliphatic hydroxyl groups is 1. The molecule has 1 saturated heterocycles. The van der Waals surface area contributed by atoms with E-state index in [2.05, 4.69) is 17.1 Å². The first-order valence-corrected chi connectivity index (χ1v) is 7.61. The number of ketones is 1. The van der Waals surface area contributed by atoms with Crippen LogP contribution < -0.4 is 0 Å². The second-order valence-electron chi connectivity index (χ2n) is 6.49. The van der Waals surface area contributed by atoms with Crippen molar-refractivity contribution in [3.8, 4) is 0 Å². The van der Waals surface area contributed by atoms with Gasteiger partial charge in [-0.3, -0.25) is 4.79 Å². The first kappa shape index (κ1) is 11.7.